The van der Waals surface area contributed by atoms with Crippen LogP contribution in [0.3, 0.4) is 0 Å². The maximum Gasteiger partial charge on any atom is 0.136 e. The first-order valence-electron chi connectivity index (χ1n) is 49.9. The summed E-state index contributed by atoms with van der Waals surface area (Å²) in [5.41, 5.74) is 19.5. The van der Waals surface area contributed by atoms with Crippen molar-refractivity contribution in [2.45, 2.75) is 99.3 Å². The van der Waals surface area contributed by atoms with E-state index >= 15 is 0 Å². The second kappa shape index (κ2) is 36.0. The van der Waals surface area contributed by atoms with E-state index in [4.69, 9.17) is 26.5 Å². The minimum Gasteiger partial charge on any atom is -0.456 e. The van der Waals surface area contributed by atoms with Crippen LogP contribution in [0.1, 0.15) is 92.7 Å². The number of hydrogen-bond acceptors (Lipinski definition) is 6. The highest BCUT2D eigenvalue weighted by Gasteiger charge is 2.21. The highest BCUT2D eigenvalue weighted by Crippen LogP contribution is 2.45. The van der Waals surface area contributed by atoms with Crippen LogP contribution in [0.15, 0.2) is 427 Å². The first-order valence-corrected chi connectivity index (χ1v) is 49.9. The number of fused-ring (bicyclic) bond motifs is 36. The van der Waals surface area contributed by atoms with Gasteiger partial charge in [-0.2, -0.15) is 0 Å². The number of furan rings is 6. The lowest BCUT2D eigenvalue weighted by Crippen LogP contribution is -1.84. The molecule has 0 saturated heterocycles. The van der Waals surface area contributed by atoms with Gasteiger partial charge in [-0.25, -0.2) is 0 Å². The van der Waals surface area contributed by atoms with Gasteiger partial charge in [-0.3, -0.25) is 0 Å². The molecular formula is C135H102O6. The molecular weight excluding hydrogens is 1720 g/mol. The number of rotatable bonds is 9. The molecule has 0 aliphatic carbocycles. The average molecular weight is 1820 g/mol. The molecule has 6 nitrogen and oxygen atoms in total. The van der Waals surface area contributed by atoms with Crippen molar-refractivity contribution in [2.24, 2.45) is 0 Å². The van der Waals surface area contributed by atoms with Gasteiger partial charge in [0.25, 0.3) is 0 Å². The number of benzene rings is 24. The topological polar surface area (TPSA) is 78.8 Å². The molecule has 0 unspecified atom stereocenters. The van der Waals surface area contributed by atoms with Gasteiger partial charge in [0.05, 0.1) is 0 Å². The standard InChI is InChI=1S/C25H22O.C24H20O.C23H18O.3C21H14O/c1-2-3-4-7-17-10-12-21-24(14-17)26-23-13-11-20-15-18-8-5-6-9-19(18)16-22(20)25(21)23;1-2-3-6-16-9-11-20-23(13-16)25-22-12-10-19-14-17-7-4-5-8-18(17)15-21(19)24(20)22;1-2-5-15-8-10-19-22(12-15)24-21-11-9-18-13-16-6-3-4-7-17(16)14-20(18)23(19)21;3*1-13-6-8-17-20(10-13)22-19-9-7-16-11-14-4-2-3-5-15(14)12-18(16)21(17)19/h5-6,8-16H,2-4,7H2,1H3;4-5,7-15H,2-3,6H2,1H3;3-4,6-14H,2,5H2,1H3;3*2-12H,1H3. The fourth-order valence-electron chi connectivity index (χ4n) is 21.9. The minimum absolute atomic E-state index is 0.961. The molecule has 0 fully saturated rings. The quantitative estimate of drug-likeness (QED) is 0.106. The van der Waals surface area contributed by atoms with Gasteiger partial charge < -0.3 is 26.5 Å². The second-order valence-electron chi connectivity index (χ2n) is 38.6. The zero-order valence-corrected chi connectivity index (χ0v) is 79.9. The third kappa shape index (κ3) is 15.9. The van der Waals surface area contributed by atoms with Crippen molar-refractivity contribution in [2.75, 3.05) is 0 Å². The van der Waals surface area contributed by atoms with Crippen LogP contribution < -0.4 is 0 Å². The van der Waals surface area contributed by atoms with Crippen LogP contribution >= 0.6 is 0 Å². The van der Waals surface area contributed by atoms with Crippen molar-refractivity contribution in [1.29, 1.82) is 0 Å². The molecule has 0 N–H and O–H groups in total. The van der Waals surface area contributed by atoms with E-state index in [2.05, 4.69) is 442 Å². The maximum atomic E-state index is 6.22. The number of hydrogen-bond donors (Lipinski definition) is 0. The highest BCUT2D eigenvalue weighted by molar-refractivity contribution is 6.27. The first-order chi connectivity index (χ1) is 69.4. The Hall–Kier alpha value is -16.8. The van der Waals surface area contributed by atoms with Gasteiger partial charge in [-0.05, 0) is 361 Å². The van der Waals surface area contributed by atoms with Gasteiger partial charge in [-0.15, -0.1) is 0 Å². The molecule has 0 saturated carbocycles. The van der Waals surface area contributed by atoms with Crippen molar-refractivity contribution in [3.8, 4) is 0 Å². The van der Waals surface area contributed by atoms with E-state index in [9.17, 15) is 0 Å². The van der Waals surface area contributed by atoms with Gasteiger partial charge in [0, 0.05) is 64.6 Å². The molecule has 141 heavy (non-hydrogen) atoms. The van der Waals surface area contributed by atoms with Crippen LogP contribution in [0.5, 0.6) is 0 Å². The van der Waals surface area contributed by atoms with E-state index in [0.717, 1.165) is 92.7 Å². The van der Waals surface area contributed by atoms with Crippen LogP contribution in [0.4, 0.5) is 0 Å². The summed E-state index contributed by atoms with van der Waals surface area (Å²) in [6.45, 7) is 13.0. The SMILES string of the molecule is CCCCCc1ccc2c(c1)oc1ccc3cc4ccccc4cc3c12.CCCCc1ccc2c(c1)oc1ccc3cc4ccccc4cc3c12.CCCc1ccc2c(c1)oc1ccc3cc4ccccc4cc3c12.Cc1ccc2c(c1)oc1ccc3cc4ccccc4cc3c12.Cc1ccc2c(c1)oc1ccc3cc4ccccc4cc3c12.Cc1ccc2c(c1)oc1ccc3cc4ccccc4cc3c12. The fraction of sp³-hybridized carbons (Fsp3) is 0.111. The second-order valence-corrected chi connectivity index (χ2v) is 38.6. The molecule has 6 aromatic heterocycles. The molecule has 30 aromatic rings. The smallest absolute Gasteiger partial charge is 0.136 e. The van der Waals surface area contributed by atoms with E-state index in [1.807, 2.05) is 0 Å². The molecule has 6 heteroatoms. The first kappa shape index (κ1) is 85.8. The predicted octanol–water partition coefficient (Wildman–Crippen LogP) is 40.3. The molecule has 6 heterocycles. The van der Waals surface area contributed by atoms with Gasteiger partial charge in [0.1, 0.15) is 67.0 Å². The minimum atomic E-state index is 0.961. The lowest BCUT2D eigenvalue weighted by atomic mass is 9.99. The Labute approximate surface area is 814 Å². The van der Waals surface area contributed by atoms with Crippen LogP contribution in [0.25, 0.3) is 261 Å². The summed E-state index contributed by atoms with van der Waals surface area (Å²) in [4.78, 5) is 0. The van der Waals surface area contributed by atoms with Gasteiger partial charge in [0.2, 0.25) is 0 Å². The summed E-state index contributed by atoms with van der Waals surface area (Å²) in [7, 11) is 0. The van der Waals surface area contributed by atoms with Crippen molar-refractivity contribution in [3.63, 3.8) is 0 Å². The molecule has 30 rings (SSSR count). The molecule has 24 aromatic carbocycles. The van der Waals surface area contributed by atoms with Crippen molar-refractivity contribution in [3.05, 3.63) is 434 Å². The van der Waals surface area contributed by atoms with Gasteiger partial charge >= 0.3 is 0 Å². The molecule has 0 aliphatic rings. The van der Waals surface area contributed by atoms with E-state index in [-0.39, 0.29) is 0 Å². The normalized spacial score (nSPS) is 11.9. The van der Waals surface area contributed by atoms with Crippen molar-refractivity contribution < 1.29 is 26.5 Å². The molecule has 0 spiro atoms. The average Bonchev–Trinajstić information content (AvgIpc) is 1.64. The van der Waals surface area contributed by atoms with Crippen molar-refractivity contribution >= 4 is 261 Å². The Balaban J connectivity index is 0.0000000892. The molecule has 0 aliphatic heterocycles. The summed E-state index contributed by atoms with van der Waals surface area (Å²) in [5.74, 6) is 0. The monoisotopic (exact) mass is 1820 g/mol. The largest absolute Gasteiger partial charge is 0.456 e. The fourth-order valence-corrected chi connectivity index (χ4v) is 21.9. The Bertz CT molecular complexity index is 9770. The van der Waals surface area contributed by atoms with E-state index < -0.39 is 0 Å². The number of unbranched alkanes of at least 4 members (excludes halogenated alkanes) is 3. The number of aryl methyl sites for hydroxylation is 6. The Morgan fingerprint density at radius 3 is 0.560 bits per heavy atom. The zero-order chi connectivity index (χ0) is 94.5. The zero-order valence-electron chi connectivity index (χ0n) is 79.9. The summed E-state index contributed by atoms with van der Waals surface area (Å²) in [6.07, 6.45) is 10.7. The molecule has 0 atom stereocenters. The summed E-state index contributed by atoms with van der Waals surface area (Å²) >= 11 is 0. The molecule has 0 bridgehead atoms. The van der Waals surface area contributed by atoms with Gasteiger partial charge in [-0.1, -0.05) is 301 Å². The summed E-state index contributed by atoms with van der Waals surface area (Å²) < 4.78 is 36.7. The lowest BCUT2D eigenvalue weighted by Gasteiger charge is -2.04. The van der Waals surface area contributed by atoms with Crippen LogP contribution in [0, 0.1) is 20.8 Å². The third-order valence-electron chi connectivity index (χ3n) is 29.0. The van der Waals surface area contributed by atoms with Crippen LogP contribution in [-0.4, -0.2) is 0 Å². The van der Waals surface area contributed by atoms with E-state index in [0.29, 0.717) is 0 Å². The highest BCUT2D eigenvalue weighted by atomic mass is 16.3. The van der Waals surface area contributed by atoms with Crippen LogP contribution in [-0.2, 0) is 19.3 Å². The predicted molar refractivity (Wildman–Crippen MR) is 602 cm³/mol. The molecule has 678 valence electrons. The van der Waals surface area contributed by atoms with Crippen LogP contribution in [0.2, 0.25) is 0 Å². The lowest BCUT2D eigenvalue weighted by molar-refractivity contribution is 0.666. The Kier molecular flexibility index (Phi) is 21.9. The van der Waals surface area contributed by atoms with Gasteiger partial charge in [0.15, 0.2) is 0 Å². The molecule has 0 radical (unpaired) electrons. The maximum absolute atomic E-state index is 6.22. The summed E-state index contributed by atoms with van der Waals surface area (Å²) in [6, 6.07) is 143. The summed E-state index contributed by atoms with van der Waals surface area (Å²) in [5, 5.41) is 45.1. The Morgan fingerprint density at radius 2 is 0.340 bits per heavy atom. The molecule has 0 amide bonds. The van der Waals surface area contributed by atoms with E-state index in [1.54, 1.807) is 0 Å². The van der Waals surface area contributed by atoms with Crippen molar-refractivity contribution in [1.82, 2.24) is 0 Å². The Morgan fingerprint density at radius 1 is 0.142 bits per heavy atom. The third-order valence-corrected chi connectivity index (χ3v) is 29.0. The van der Waals surface area contributed by atoms with E-state index in [1.165, 1.54) is 259 Å².